The third-order valence-corrected chi connectivity index (χ3v) is 6.36. The number of rotatable bonds is 5. The van der Waals surface area contributed by atoms with Crippen LogP contribution < -0.4 is 10.4 Å². The van der Waals surface area contributed by atoms with Crippen molar-refractivity contribution in [2.45, 2.75) is 24.2 Å². The number of hydrogen-bond donors (Lipinski definition) is 1. The molecular weight excluding hydrogens is 350 g/mol. The molecule has 0 saturated carbocycles. The Morgan fingerprint density at radius 3 is 2.38 bits per heavy atom. The van der Waals surface area contributed by atoms with Gasteiger partial charge in [0, 0.05) is 25.7 Å². The minimum Gasteiger partial charge on any atom is -0.288 e. The van der Waals surface area contributed by atoms with Crippen LogP contribution in [0.3, 0.4) is 0 Å². The van der Waals surface area contributed by atoms with Gasteiger partial charge >= 0.3 is 0 Å². The first-order valence-electron chi connectivity index (χ1n) is 8.68. The molecule has 2 aromatic carbocycles. The zero-order chi connectivity index (χ0) is 18.6. The Bertz CT molecular complexity index is 863. The SMILES string of the molecule is CN(NC(=O)c1cccc(S(=O)(=O)N2CCCCC2)c1)c1ccccc1. The normalized spacial score (nSPS) is 15.4. The number of nitrogens with zero attached hydrogens (tertiary/aromatic N) is 2. The van der Waals surface area contributed by atoms with Crippen molar-refractivity contribution in [3.05, 3.63) is 60.2 Å². The molecule has 3 rings (SSSR count). The molecule has 0 atom stereocenters. The zero-order valence-corrected chi connectivity index (χ0v) is 15.6. The number of sulfonamides is 1. The van der Waals surface area contributed by atoms with Crippen molar-refractivity contribution in [2.75, 3.05) is 25.1 Å². The third-order valence-electron chi connectivity index (χ3n) is 4.46. The van der Waals surface area contributed by atoms with Crippen molar-refractivity contribution in [3.63, 3.8) is 0 Å². The van der Waals surface area contributed by atoms with Gasteiger partial charge < -0.3 is 0 Å². The van der Waals surface area contributed by atoms with Gasteiger partial charge in [-0.05, 0) is 43.2 Å². The summed E-state index contributed by atoms with van der Waals surface area (Å²) < 4.78 is 27.1. The predicted molar refractivity (Wildman–Crippen MR) is 101 cm³/mol. The number of hydrogen-bond acceptors (Lipinski definition) is 4. The van der Waals surface area contributed by atoms with E-state index in [-0.39, 0.29) is 10.8 Å². The number of benzene rings is 2. The summed E-state index contributed by atoms with van der Waals surface area (Å²) in [7, 11) is -1.82. The van der Waals surface area contributed by atoms with Gasteiger partial charge in [-0.3, -0.25) is 15.2 Å². The molecule has 1 heterocycles. The molecule has 0 radical (unpaired) electrons. The van der Waals surface area contributed by atoms with E-state index in [0.29, 0.717) is 18.7 Å². The van der Waals surface area contributed by atoms with Crippen LogP contribution in [0.1, 0.15) is 29.6 Å². The van der Waals surface area contributed by atoms with Crippen LogP contribution in [0.15, 0.2) is 59.5 Å². The lowest BCUT2D eigenvalue weighted by Crippen LogP contribution is -2.39. The fraction of sp³-hybridized carbons (Fsp3) is 0.316. The van der Waals surface area contributed by atoms with Crippen LogP contribution in [0.4, 0.5) is 5.69 Å². The van der Waals surface area contributed by atoms with Crippen LogP contribution in [0.5, 0.6) is 0 Å². The van der Waals surface area contributed by atoms with Crippen LogP contribution in [-0.2, 0) is 10.0 Å². The van der Waals surface area contributed by atoms with Gasteiger partial charge in [-0.2, -0.15) is 4.31 Å². The maximum atomic E-state index is 12.8. The van der Waals surface area contributed by atoms with Crippen LogP contribution in [0.25, 0.3) is 0 Å². The molecule has 1 aliphatic heterocycles. The molecule has 0 spiro atoms. The largest absolute Gasteiger partial charge is 0.288 e. The van der Waals surface area contributed by atoms with E-state index < -0.39 is 10.0 Å². The van der Waals surface area contributed by atoms with Crippen molar-refractivity contribution >= 4 is 21.6 Å². The van der Waals surface area contributed by atoms with Gasteiger partial charge in [-0.15, -0.1) is 0 Å². The Labute approximate surface area is 154 Å². The Morgan fingerprint density at radius 1 is 1.00 bits per heavy atom. The number of carbonyl (C=O) groups is 1. The molecule has 1 aliphatic rings. The van der Waals surface area contributed by atoms with E-state index in [1.807, 2.05) is 30.3 Å². The molecule has 26 heavy (non-hydrogen) atoms. The highest BCUT2D eigenvalue weighted by atomic mass is 32.2. The maximum Gasteiger partial charge on any atom is 0.269 e. The molecule has 1 fully saturated rings. The van der Waals surface area contributed by atoms with E-state index >= 15 is 0 Å². The van der Waals surface area contributed by atoms with Gasteiger partial charge in [-0.1, -0.05) is 30.7 Å². The summed E-state index contributed by atoms with van der Waals surface area (Å²) in [6.07, 6.45) is 2.81. The van der Waals surface area contributed by atoms with E-state index in [2.05, 4.69) is 5.43 Å². The molecule has 2 aromatic rings. The van der Waals surface area contributed by atoms with Crippen LogP contribution in [0.2, 0.25) is 0 Å². The molecule has 6 nitrogen and oxygen atoms in total. The zero-order valence-electron chi connectivity index (χ0n) is 14.8. The summed E-state index contributed by atoms with van der Waals surface area (Å²) in [5.74, 6) is -0.355. The number of hydrazine groups is 1. The van der Waals surface area contributed by atoms with Crippen molar-refractivity contribution < 1.29 is 13.2 Å². The van der Waals surface area contributed by atoms with Crippen LogP contribution in [-0.4, -0.2) is 38.8 Å². The van der Waals surface area contributed by atoms with E-state index in [9.17, 15) is 13.2 Å². The molecular formula is C19H23N3O3S. The summed E-state index contributed by atoms with van der Waals surface area (Å²) >= 11 is 0. The van der Waals surface area contributed by atoms with Crippen LogP contribution in [0, 0.1) is 0 Å². The van der Waals surface area contributed by atoms with Gasteiger partial charge in [0.05, 0.1) is 10.6 Å². The van der Waals surface area contributed by atoms with E-state index in [0.717, 1.165) is 24.9 Å². The summed E-state index contributed by atoms with van der Waals surface area (Å²) in [4.78, 5) is 12.7. The van der Waals surface area contributed by atoms with Gasteiger partial charge in [-0.25, -0.2) is 8.42 Å². The maximum absolute atomic E-state index is 12.8. The average molecular weight is 373 g/mol. The van der Waals surface area contributed by atoms with Crippen LogP contribution >= 0.6 is 0 Å². The molecule has 0 bridgehead atoms. The summed E-state index contributed by atoms with van der Waals surface area (Å²) in [5.41, 5.74) is 3.90. The first-order valence-corrected chi connectivity index (χ1v) is 10.1. The Kier molecular flexibility index (Phi) is 5.58. The van der Waals surface area contributed by atoms with Crippen molar-refractivity contribution in [2.24, 2.45) is 0 Å². The summed E-state index contributed by atoms with van der Waals surface area (Å²) in [6.45, 7) is 1.07. The minimum atomic E-state index is -3.56. The average Bonchev–Trinajstić information content (AvgIpc) is 2.69. The third kappa shape index (κ3) is 4.05. The quantitative estimate of drug-likeness (QED) is 0.818. The number of piperidine rings is 1. The standard InChI is InChI=1S/C19H23N3O3S/c1-21(17-10-4-2-5-11-17)20-19(23)16-9-8-12-18(15-16)26(24,25)22-13-6-3-7-14-22/h2,4-5,8-12,15H,3,6-7,13-14H2,1H3,(H,20,23). The summed E-state index contributed by atoms with van der Waals surface area (Å²) in [5, 5.41) is 1.61. The molecule has 7 heteroatoms. The number of anilines is 1. The molecule has 138 valence electrons. The first-order chi connectivity index (χ1) is 12.5. The van der Waals surface area contributed by atoms with E-state index in [1.54, 1.807) is 30.3 Å². The first kappa shape index (κ1) is 18.4. The lowest BCUT2D eigenvalue weighted by Gasteiger charge is -2.26. The fourth-order valence-corrected chi connectivity index (χ4v) is 4.55. The second kappa shape index (κ2) is 7.88. The lowest BCUT2D eigenvalue weighted by molar-refractivity contribution is 0.0951. The molecule has 0 aromatic heterocycles. The van der Waals surface area contributed by atoms with Gasteiger partial charge in [0.15, 0.2) is 0 Å². The molecule has 1 amide bonds. The predicted octanol–water partition coefficient (Wildman–Crippen LogP) is 2.64. The van der Waals surface area contributed by atoms with Crippen molar-refractivity contribution in [1.29, 1.82) is 0 Å². The Balaban J connectivity index is 1.77. The Hall–Kier alpha value is -2.38. The second-order valence-corrected chi connectivity index (χ2v) is 8.27. The van der Waals surface area contributed by atoms with E-state index in [1.165, 1.54) is 10.4 Å². The van der Waals surface area contributed by atoms with Gasteiger partial charge in [0.25, 0.3) is 5.91 Å². The lowest BCUT2D eigenvalue weighted by atomic mass is 10.2. The highest BCUT2D eigenvalue weighted by Gasteiger charge is 2.26. The molecule has 1 N–H and O–H groups in total. The topological polar surface area (TPSA) is 69.7 Å². The second-order valence-electron chi connectivity index (χ2n) is 6.33. The van der Waals surface area contributed by atoms with Gasteiger partial charge in [0.2, 0.25) is 10.0 Å². The Morgan fingerprint density at radius 2 is 1.69 bits per heavy atom. The molecule has 1 saturated heterocycles. The number of carbonyl (C=O) groups excluding carboxylic acids is 1. The minimum absolute atomic E-state index is 0.161. The highest BCUT2D eigenvalue weighted by Crippen LogP contribution is 2.21. The smallest absolute Gasteiger partial charge is 0.269 e. The van der Waals surface area contributed by atoms with Crippen molar-refractivity contribution in [1.82, 2.24) is 9.73 Å². The van der Waals surface area contributed by atoms with Crippen molar-refractivity contribution in [3.8, 4) is 0 Å². The monoisotopic (exact) mass is 373 g/mol. The van der Waals surface area contributed by atoms with Gasteiger partial charge in [0.1, 0.15) is 0 Å². The number of nitrogens with one attached hydrogen (secondary N) is 1. The fourth-order valence-electron chi connectivity index (χ4n) is 2.99. The molecule has 0 unspecified atom stereocenters. The molecule has 0 aliphatic carbocycles. The number of para-hydroxylation sites is 1. The highest BCUT2D eigenvalue weighted by molar-refractivity contribution is 7.89. The number of amides is 1. The summed E-state index contributed by atoms with van der Waals surface area (Å²) in [6, 6.07) is 15.6. The van der Waals surface area contributed by atoms with E-state index in [4.69, 9.17) is 0 Å².